The van der Waals surface area contributed by atoms with Gasteiger partial charge in [-0.3, -0.25) is 4.79 Å². The molecule has 0 aromatic heterocycles. The first-order valence-corrected chi connectivity index (χ1v) is 13.9. The van der Waals surface area contributed by atoms with Gasteiger partial charge in [-0.1, -0.05) is 25.1 Å². The van der Waals surface area contributed by atoms with Crippen LogP contribution < -0.4 is 20.3 Å². The third kappa shape index (κ3) is 5.15. The molecule has 2 saturated carbocycles. The normalized spacial score (nSPS) is 28.6. The van der Waals surface area contributed by atoms with E-state index in [1.807, 2.05) is 24.3 Å². The van der Waals surface area contributed by atoms with Crippen LogP contribution in [0.5, 0.6) is 11.5 Å². The second-order valence-corrected chi connectivity index (χ2v) is 11.8. The number of hydrogen-bond acceptors (Lipinski definition) is 5. The molecule has 0 unspecified atom stereocenters. The number of amides is 1. The van der Waals surface area contributed by atoms with Gasteiger partial charge in [-0.05, 0) is 90.1 Å². The standard InChI is InChI=1S/C30H38BF2NO5/c1-29-11-10-25-24-8-6-21(31(36)37)14-19(24)4-7-26(25)28(29)20(16-30(29,32)33)5-9-27(35)34-17-18-12-22(38-2)15-23(13-18)39-3/h6,8,12-15,20,25-26,28,36-37H,4-5,7,9-11,16-17H2,1-3H3,(H,34,35)/t20-,25-,26-,28+,29+/m1/s1. The topological polar surface area (TPSA) is 88.0 Å². The van der Waals surface area contributed by atoms with Crippen LogP contribution in [-0.2, 0) is 17.8 Å². The van der Waals surface area contributed by atoms with Crippen molar-refractivity contribution in [2.45, 2.75) is 70.3 Å². The summed E-state index contributed by atoms with van der Waals surface area (Å²) in [5.74, 6) is -1.70. The van der Waals surface area contributed by atoms with E-state index in [-0.39, 0.29) is 42.4 Å². The Morgan fingerprint density at radius 2 is 1.82 bits per heavy atom. The van der Waals surface area contributed by atoms with Crippen molar-refractivity contribution in [3.05, 3.63) is 53.1 Å². The lowest BCUT2D eigenvalue weighted by Crippen LogP contribution is -2.48. The summed E-state index contributed by atoms with van der Waals surface area (Å²) in [5, 5.41) is 22.1. The summed E-state index contributed by atoms with van der Waals surface area (Å²) in [4.78, 5) is 12.8. The Hall–Kier alpha value is -2.65. The molecule has 0 aliphatic heterocycles. The predicted molar refractivity (Wildman–Crippen MR) is 145 cm³/mol. The summed E-state index contributed by atoms with van der Waals surface area (Å²) in [6.45, 7) is 2.07. The molecule has 0 heterocycles. The Labute approximate surface area is 229 Å². The minimum atomic E-state index is -2.76. The summed E-state index contributed by atoms with van der Waals surface area (Å²) in [6.07, 6.45) is 3.19. The molecule has 2 aromatic rings. The molecule has 0 spiro atoms. The van der Waals surface area contributed by atoms with Gasteiger partial charge < -0.3 is 24.8 Å². The highest BCUT2D eigenvalue weighted by Crippen LogP contribution is 2.68. The van der Waals surface area contributed by atoms with Gasteiger partial charge >= 0.3 is 7.12 Å². The molecule has 6 nitrogen and oxygen atoms in total. The minimum absolute atomic E-state index is 0.131. The van der Waals surface area contributed by atoms with Gasteiger partial charge in [-0.15, -0.1) is 0 Å². The Balaban J connectivity index is 1.28. The van der Waals surface area contributed by atoms with Crippen LogP contribution in [0.4, 0.5) is 8.78 Å². The summed E-state index contributed by atoms with van der Waals surface area (Å²) in [5.41, 5.74) is 2.51. The molecule has 1 amide bonds. The maximum atomic E-state index is 15.6. The van der Waals surface area contributed by atoms with Crippen molar-refractivity contribution in [1.82, 2.24) is 5.32 Å². The van der Waals surface area contributed by atoms with E-state index in [4.69, 9.17) is 9.47 Å². The van der Waals surface area contributed by atoms with E-state index in [1.54, 1.807) is 33.3 Å². The first kappa shape index (κ1) is 27.9. The zero-order valence-electron chi connectivity index (χ0n) is 22.9. The van der Waals surface area contributed by atoms with Crippen molar-refractivity contribution < 1.29 is 33.1 Å². The monoisotopic (exact) mass is 541 g/mol. The molecular formula is C30H38BF2NO5. The Morgan fingerprint density at radius 1 is 1.10 bits per heavy atom. The van der Waals surface area contributed by atoms with E-state index in [2.05, 4.69) is 5.32 Å². The fourth-order valence-electron chi connectivity index (χ4n) is 7.85. The van der Waals surface area contributed by atoms with Gasteiger partial charge in [0.25, 0.3) is 5.92 Å². The van der Waals surface area contributed by atoms with Crippen LogP contribution in [-0.4, -0.2) is 43.2 Å². The van der Waals surface area contributed by atoms with Gasteiger partial charge in [-0.2, -0.15) is 0 Å². The van der Waals surface area contributed by atoms with Gasteiger partial charge in [0.15, 0.2) is 0 Å². The number of methoxy groups -OCH3 is 2. The Morgan fingerprint density at radius 3 is 2.49 bits per heavy atom. The van der Waals surface area contributed by atoms with Crippen LogP contribution >= 0.6 is 0 Å². The number of nitrogens with one attached hydrogen (secondary N) is 1. The maximum Gasteiger partial charge on any atom is 0.488 e. The Kier molecular flexibility index (Phi) is 7.68. The summed E-state index contributed by atoms with van der Waals surface area (Å²) >= 11 is 0. The molecule has 39 heavy (non-hydrogen) atoms. The van der Waals surface area contributed by atoms with Crippen molar-refractivity contribution in [3.8, 4) is 11.5 Å². The summed E-state index contributed by atoms with van der Waals surface area (Å²) < 4.78 is 41.7. The zero-order chi connectivity index (χ0) is 27.9. The number of halogens is 2. The van der Waals surface area contributed by atoms with E-state index in [9.17, 15) is 14.8 Å². The number of alkyl halides is 2. The second-order valence-electron chi connectivity index (χ2n) is 11.8. The van der Waals surface area contributed by atoms with Crippen molar-refractivity contribution in [3.63, 3.8) is 0 Å². The van der Waals surface area contributed by atoms with Crippen molar-refractivity contribution >= 4 is 18.5 Å². The maximum absolute atomic E-state index is 15.6. The average molecular weight is 541 g/mol. The highest BCUT2D eigenvalue weighted by Gasteiger charge is 2.67. The number of rotatable bonds is 8. The van der Waals surface area contributed by atoms with Gasteiger partial charge in [-0.25, -0.2) is 8.78 Å². The highest BCUT2D eigenvalue weighted by molar-refractivity contribution is 6.58. The predicted octanol–water partition coefficient (Wildman–Crippen LogP) is 4.20. The van der Waals surface area contributed by atoms with Gasteiger partial charge in [0, 0.05) is 30.9 Å². The van der Waals surface area contributed by atoms with Gasteiger partial charge in [0.1, 0.15) is 11.5 Å². The average Bonchev–Trinajstić information content (AvgIpc) is 3.14. The molecule has 3 aliphatic carbocycles. The van der Waals surface area contributed by atoms with Gasteiger partial charge in [0.2, 0.25) is 5.91 Å². The molecule has 5 atom stereocenters. The molecule has 0 bridgehead atoms. The third-order valence-electron chi connectivity index (χ3n) is 9.81. The van der Waals surface area contributed by atoms with Crippen LogP contribution in [0.2, 0.25) is 0 Å². The fraction of sp³-hybridized carbons (Fsp3) is 0.567. The lowest BCUT2D eigenvalue weighted by Gasteiger charge is -2.51. The molecule has 3 aliphatic rings. The number of aryl methyl sites for hydroxylation is 1. The van der Waals surface area contributed by atoms with Crippen molar-refractivity contribution in [2.75, 3.05) is 14.2 Å². The quantitative estimate of drug-likeness (QED) is 0.437. The number of carbonyl (C=O) groups is 1. The number of ether oxygens (including phenoxy) is 2. The molecule has 210 valence electrons. The molecule has 0 saturated heterocycles. The molecule has 9 heteroatoms. The van der Waals surface area contributed by atoms with Crippen molar-refractivity contribution in [1.29, 1.82) is 0 Å². The molecule has 3 N–H and O–H groups in total. The van der Waals surface area contributed by atoms with Crippen molar-refractivity contribution in [2.24, 2.45) is 23.2 Å². The van der Waals surface area contributed by atoms with E-state index >= 15 is 8.78 Å². The number of benzene rings is 2. The number of fused-ring (bicyclic) bond motifs is 5. The van der Waals surface area contributed by atoms with Crippen LogP contribution in [0, 0.1) is 23.2 Å². The number of hydrogen-bond donors (Lipinski definition) is 3. The van der Waals surface area contributed by atoms with Crippen LogP contribution in [0.1, 0.15) is 68.1 Å². The van der Waals surface area contributed by atoms with Gasteiger partial charge in [0.05, 0.1) is 14.2 Å². The second kappa shape index (κ2) is 10.7. The molecule has 2 fully saturated rings. The van der Waals surface area contributed by atoms with Crippen LogP contribution in [0.25, 0.3) is 0 Å². The molecule has 2 aromatic carbocycles. The lowest BCUT2D eigenvalue weighted by atomic mass is 9.53. The van der Waals surface area contributed by atoms with E-state index in [0.29, 0.717) is 42.8 Å². The third-order valence-corrected chi connectivity index (χ3v) is 9.81. The summed E-state index contributed by atoms with van der Waals surface area (Å²) in [7, 11) is 1.62. The minimum Gasteiger partial charge on any atom is -0.497 e. The first-order chi connectivity index (χ1) is 18.6. The summed E-state index contributed by atoms with van der Waals surface area (Å²) in [6, 6.07) is 11.0. The SMILES string of the molecule is COc1cc(CNC(=O)CC[C@@H]2CC(F)(F)[C@@]3(C)CC[C@@H]4c5ccc(B(O)O)cc5CC[C@H]4[C@H]23)cc(OC)c1. The Bertz CT molecular complexity index is 1200. The first-order valence-electron chi connectivity index (χ1n) is 13.9. The largest absolute Gasteiger partial charge is 0.497 e. The lowest BCUT2D eigenvalue weighted by molar-refractivity contribution is -0.133. The molecule has 5 rings (SSSR count). The van der Waals surface area contributed by atoms with E-state index < -0.39 is 18.5 Å². The van der Waals surface area contributed by atoms with E-state index in [1.165, 1.54) is 0 Å². The van der Waals surface area contributed by atoms with Crippen LogP contribution in [0.3, 0.4) is 0 Å². The molecular weight excluding hydrogens is 503 g/mol. The smallest absolute Gasteiger partial charge is 0.488 e. The molecule has 0 radical (unpaired) electrons. The van der Waals surface area contributed by atoms with E-state index in [0.717, 1.165) is 29.5 Å². The number of carbonyl (C=O) groups excluding carboxylic acids is 1. The van der Waals surface area contributed by atoms with Crippen LogP contribution in [0.15, 0.2) is 36.4 Å². The zero-order valence-corrected chi connectivity index (χ0v) is 22.9. The fourth-order valence-corrected chi connectivity index (χ4v) is 7.85. The highest BCUT2D eigenvalue weighted by atomic mass is 19.3.